The zero-order valence-electron chi connectivity index (χ0n) is 18.0. The van der Waals surface area contributed by atoms with E-state index in [1.807, 2.05) is 29.9 Å². The van der Waals surface area contributed by atoms with Gasteiger partial charge in [-0.25, -0.2) is 0 Å². The van der Waals surface area contributed by atoms with Crippen molar-refractivity contribution in [2.45, 2.75) is 25.4 Å². The number of ether oxygens (including phenoxy) is 2. The molecular formula is C24H30N4O2. The number of likely N-dealkylation sites (tertiary alicyclic amines) is 1. The number of methoxy groups -OCH3 is 2. The molecule has 0 saturated carbocycles. The van der Waals surface area contributed by atoms with Crippen LogP contribution in [0, 0.1) is 0 Å². The van der Waals surface area contributed by atoms with E-state index in [0.717, 1.165) is 48.9 Å². The third kappa shape index (κ3) is 4.60. The van der Waals surface area contributed by atoms with Crippen LogP contribution in [0.2, 0.25) is 0 Å². The number of piperidine rings is 1. The summed E-state index contributed by atoms with van der Waals surface area (Å²) in [7, 11) is 5.32. The largest absolute Gasteiger partial charge is 0.493 e. The summed E-state index contributed by atoms with van der Waals surface area (Å²) in [5.41, 5.74) is 4.58. The van der Waals surface area contributed by atoms with E-state index >= 15 is 0 Å². The van der Waals surface area contributed by atoms with E-state index < -0.39 is 0 Å². The van der Waals surface area contributed by atoms with Crippen LogP contribution in [-0.4, -0.2) is 48.0 Å². The van der Waals surface area contributed by atoms with Crippen LogP contribution in [0.15, 0.2) is 54.7 Å². The van der Waals surface area contributed by atoms with Gasteiger partial charge in [-0.15, -0.1) is 0 Å². The Bertz CT molecular complexity index is 971. The van der Waals surface area contributed by atoms with Crippen molar-refractivity contribution < 1.29 is 9.47 Å². The summed E-state index contributed by atoms with van der Waals surface area (Å²) in [6.45, 7) is 3.01. The maximum absolute atomic E-state index is 5.44. The van der Waals surface area contributed by atoms with Crippen LogP contribution in [0.4, 0.5) is 5.69 Å². The average Bonchev–Trinajstić information content (AvgIpc) is 3.14. The maximum Gasteiger partial charge on any atom is 0.162 e. The lowest BCUT2D eigenvalue weighted by molar-refractivity contribution is 0.209. The van der Waals surface area contributed by atoms with E-state index in [-0.39, 0.29) is 0 Å². The molecular weight excluding hydrogens is 376 g/mol. The summed E-state index contributed by atoms with van der Waals surface area (Å²) in [6, 6.07) is 16.8. The number of hydrogen-bond acceptors (Lipinski definition) is 5. The second-order valence-electron chi connectivity index (χ2n) is 7.83. The van der Waals surface area contributed by atoms with Gasteiger partial charge in [-0.3, -0.25) is 9.58 Å². The molecule has 6 heteroatoms. The SMILES string of the molecule is COc1ccc(N[C@H]2CCCN(Cc3cn(C)nc3-c3ccccc3)C2)cc1OC. The smallest absolute Gasteiger partial charge is 0.162 e. The number of nitrogens with one attached hydrogen (secondary N) is 1. The molecule has 1 N–H and O–H groups in total. The Hall–Kier alpha value is -2.99. The molecule has 1 aromatic heterocycles. The van der Waals surface area contributed by atoms with Crippen molar-refractivity contribution >= 4 is 5.69 Å². The number of anilines is 1. The first-order valence-corrected chi connectivity index (χ1v) is 10.4. The minimum Gasteiger partial charge on any atom is -0.493 e. The van der Waals surface area contributed by atoms with Crippen LogP contribution in [0.25, 0.3) is 11.3 Å². The molecule has 6 nitrogen and oxygen atoms in total. The molecule has 1 aliphatic heterocycles. The Morgan fingerprint density at radius 2 is 1.87 bits per heavy atom. The fourth-order valence-electron chi connectivity index (χ4n) is 4.21. The van der Waals surface area contributed by atoms with Gasteiger partial charge in [0.1, 0.15) is 0 Å². The van der Waals surface area contributed by atoms with Gasteiger partial charge in [0.2, 0.25) is 0 Å². The van der Waals surface area contributed by atoms with E-state index in [1.165, 1.54) is 17.5 Å². The van der Waals surface area contributed by atoms with Gasteiger partial charge in [-0.05, 0) is 31.5 Å². The van der Waals surface area contributed by atoms with Crippen molar-refractivity contribution in [1.82, 2.24) is 14.7 Å². The Balaban J connectivity index is 1.44. The molecule has 2 heterocycles. The van der Waals surface area contributed by atoms with E-state index in [9.17, 15) is 0 Å². The van der Waals surface area contributed by atoms with Crippen molar-refractivity contribution in [2.24, 2.45) is 7.05 Å². The van der Waals surface area contributed by atoms with Gasteiger partial charge in [-0.1, -0.05) is 30.3 Å². The highest BCUT2D eigenvalue weighted by molar-refractivity contribution is 5.62. The Labute approximate surface area is 178 Å². The van der Waals surface area contributed by atoms with Crippen LogP contribution in [0.3, 0.4) is 0 Å². The molecule has 1 fully saturated rings. The predicted molar refractivity (Wildman–Crippen MR) is 120 cm³/mol. The van der Waals surface area contributed by atoms with E-state index in [0.29, 0.717) is 6.04 Å². The number of rotatable bonds is 7. The Kier molecular flexibility index (Phi) is 6.23. The van der Waals surface area contributed by atoms with Crippen LogP contribution in [-0.2, 0) is 13.6 Å². The minimum atomic E-state index is 0.397. The highest BCUT2D eigenvalue weighted by atomic mass is 16.5. The molecule has 0 amide bonds. The third-order valence-electron chi connectivity index (χ3n) is 5.61. The Morgan fingerprint density at radius 3 is 2.63 bits per heavy atom. The number of hydrogen-bond donors (Lipinski definition) is 1. The molecule has 1 atom stereocenters. The number of aromatic nitrogens is 2. The molecule has 30 heavy (non-hydrogen) atoms. The summed E-state index contributed by atoms with van der Waals surface area (Å²) in [6.07, 6.45) is 4.48. The van der Waals surface area contributed by atoms with Crippen molar-refractivity contribution in [3.8, 4) is 22.8 Å². The van der Waals surface area contributed by atoms with Crippen LogP contribution < -0.4 is 14.8 Å². The molecule has 1 aliphatic rings. The van der Waals surface area contributed by atoms with Gasteiger partial charge < -0.3 is 14.8 Å². The summed E-state index contributed by atoms with van der Waals surface area (Å²) in [5.74, 6) is 1.50. The van der Waals surface area contributed by atoms with Gasteiger partial charge in [0.05, 0.1) is 19.9 Å². The molecule has 4 rings (SSSR count). The van der Waals surface area contributed by atoms with Crippen molar-refractivity contribution in [2.75, 3.05) is 32.6 Å². The highest BCUT2D eigenvalue weighted by Gasteiger charge is 2.22. The first-order chi connectivity index (χ1) is 14.7. The van der Waals surface area contributed by atoms with E-state index in [2.05, 4.69) is 46.7 Å². The fourth-order valence-corrected chi connectivity index (χ4v) is 4.21. The number of nitrogens with zero attached hydrogens (tertiary/aromatic N) is 3. The number of benzene rings is 2. The monoisotopic (exact) mass is 406 g/mol. The zero-order chi connectivity index (χ0) is 20.9. The summed E-state index contributed by atoms with van der Waals surface area (Å²) >= 11 is 0. The van der Waals surface area contributed by atoms with Crippen molar-refractivity contribution in [3.05, 3.63) is 60.3 Å². The van der Waals surface area contributed by atoms with Gasteiger partial charge in [0, 0.05) is 55.3 Å². The summed E-state index contributed by atoms with van der Waals surface area (Å²) < 4.78 is 12.7. The summed E-state index contributed by atoms with van der Waals surface area (Å²) in [5, 5.41) is 8.39. The molecule has 2 aromatic carbocycles. The van der Waals surface area contributed by atoms with Crippen LogP contribution >= 0.6 is 0 Å². The molecule has 0 spiro atoms. The first kappa shape index (κ1) is 20.3. The average molecular weight is 407 g/mol. The number of aryl methyl sites for hydroxylation is 1. The lowest BCUT2D eigenvalue weighted by Gasteiger charge is -2.33. The van der Waals surface area contributed by atoms with Gasteiger partial charge >= 0.3 is 0 Å². The maximum atomic E-state index is 5.44. The molecule has 0 radical (unpaired) electrons. The third-order valence-corrected chi connectivity index (χ3v) is 5.61. The van der Waals surface area contributed by atoms with Crippen molar-refractivity contribution in [1.29, 1.82) is 0 Å². The zero-order valence-corrected chi connectivity index (χ0v) is 18.0. The highest BCUT2D eigenvalue weighted by Crippen LogP contribution is 2.31. The topological polar surface area (TPSA) is 51.5 Å². The van der Waals surface area contributed by atoms with Crippen molar-refractivity contribution in [3.63, 3.8) is 0 Å². The molecule has 158 valence electrons. The van der Waals surface area contributed by atoms with Crippen LogP contribution in [0.1, 0.15) is 18.4 Å². The van der Waals surface area contributed by atoms with E-state index in [4.69, 9.17) is 14.6 Å². The Morgan fingerprint density at radius 1 is 1.07 bits per heavy atom. The van der Waals surface area contributed by atoms with E-state index in [1.54, 1.807) is 14.2 Å². The quantitative estimate of drug-likeness (QED) is 0.638. The van der Waals surface area contributed by atoms with Crippen LogP contribution in [0.5, 0.6) is 11.5 Å². The second kappa shape index (κ2) is 9.22. The normalized spacial score (nSPS) is 17.0. The molecule has 3 aromatic rings. The molecule has 0 unspecified atom stereocenters. The fraction of sp³-hybridized carbons (Fsp3) is 0.375. The van der Waals surface area contributed by atoms with Gasteiger partial charge in [-0.2, -0.15) is 5.10 Å². The standard InChI is InChI=1S/C24H30N4O2/c1-27-15-19(24(26-27)18-8-5-4-6-9-18)16-28-13-7-10-21(17-28)25-20-11-12-22(29-2)23(14-20)30-3/h4-6,8-9,11-12,14-15,21,25H,7,10,13,16-17H2,1-3H3/t21-/m0/s1. The predicted octanol–water partition coefficient (Wildman–Crippen LogP) is 4.18. The minimum absolute atomic E-state index is 0.397. The lowest BCUT2D eigenvalue weighted by Crippen LogP contribution is -2.41. The first-order valence-electron chi connectivity index (χ1n) is 10.4. The molecule has 1 saturated heterocycles. The second-order valence-corrected chi connectivity index (χ2v) is 7.83. The van der Waals surface area contributed by atoms with Gasteiger partial charge in [0.25, 0.3) is 0 Å². The molecule has 0 bridgehead atoms. The molecule has 0 aliphatic carbocycles. The van der Waals surface area contributed by atoms with Gasteiger partial charge in [0.15, 0.2) is 11.5 Å². The lowest BCUT2D eigenvalue weighted by atomic mass is 10.0. The summed E-state index contributed by atoms with van der Waals surface area (Å²) in [4.78, 5) is 2.52.